The first-order chi connectivity index (χ1) is 17.2. The first kappa shape index (κ1) is 24.1. The summed E-state index contributed by atoms with van der Waals surface area (Å²) in [7, 11) is 0. The van der Waals surface area contributed by atoms with Crippen LogP contribution in [0.2, 0.25) is 0 Å². The summed E-state index contributed by atoms with van der Waals surface area (Å²) in [6, 6.07) is 10.7. The number of aromatic nitrogens is 1. The van der Waals surface area contributed by atoms with Gasteiger partial charge in [0.15, 0.2) is 0 Å². The fourth-order valence-corrected chi connectivity index (χ4v) is 5.66. The maximum Gasteiger partial charge on any atom is 0.317 e. The number of hydrogen-bond donors (Lipinski definition) is 4. The van der Waals surface area contributed by atoms with Gasteiger partial charge in [0.25, 0.3) is 0 Å². The van der Waals surface area contributed by atoms with E-state index in [1.807, 2.05) is 0 Å². The van der Waals surface area contributed by atoms with E-state index in [0.717, 1.165) is 25.7 Å². The minimum atomic E-state index is -1.27. The minimum absolute atomic E-state index is 0.0998. The summed E-state index contributed by atoms with van der Waals surface area (Å²) in [6.07, 6.45) is 4.84. The van der Waals surface area contributed by atoms with Crippen LogP contribution in [-0.2, 0) is 40.0 Å². The second kappa shape index (κ2) is 9.43. The summed E-state index contributed by atoms with van der Waals surface area (Å²) in [5.74, 6) is -2.22. The third-order valence-corrected chi connectivity index (χ3v) is 7.36. The number of benzene rings is 2. The molecule has 1 heterocycles. The molecule has 0 saturated heterocycles. The van der Waals surface area contributed by atoms with E-state index in [4.69, 9.17) is 9.84 Å². The number of ether oxygens (including phenoxy) is 1. The second-order valence-electron chi connectivity index (χ2n) is 10.2. The maximum absolute atomic E-state index is 12.4. The molecule has 0 unspecified atom stereocenters. The Labute approximate surface area is 208 Å². The van der Waals surface area contributed by atoms with E-state index >= 15 is 0 Å². The van der Waals surface area contributed by atoms with Crippen LogP contribution in [0.4, 0.5) is 0 Å². The molecule has 0 fully saturated rings. The number of phenols is 1. The first-order valence-electron chi connectivity index (χ1n) is 12.4. The minimum Gasteiger partial charge on any atom is -0.506 e. The van der Waals surface area contributed by atoms with E-state index < -0.39 is 24.5 Å². The molecule has 188 valence electrons. The van der Waals surface area contributed by atoms with Crippen molar-refractivity contribution in [2.45, 2.75) is 63.5 Å². The van der Waals surface area contributed by atoms with Crippen LogP contribution in [0.3, 0.4) is 0 Å². The van der Waals surface area contributed by atoms with Crippen LogP contribution in [0.15, 0.2) is 41.2 Å². The number of carboxylic acid groups (broad SMARTS) is 1. The highest BCUT2D eigenvalue weighted by Crippen LogP contribution is 2.36. The van der Waals surface area contributed by atoms with Gasteiger partial charge >= 0.3 is 11.9 Å². The smallest absolute Gasteiger partial charge is 0.317 e. The lowest BCUT2D eigenvalue weighted by atomic mass is 9.89. The van der Waals surface area contributed by atoms with Gasteiger partial charge in [0.05, 0.1) is 5.52 Å². The standard InChI is InChI=1S/C28H30N2O6/c1-28(13-18-10-16-4-2-3-5-17(16)11-19(18)14-28)29-15-23(36-26(35)12-25(33)34)20-6-8-22(31)27-21(20)7-9-24(32)30-27/h6-11,23,29,31H,2-5,12-15H2,1H3,(H,30,32)(H,33,34)/t23-/m0/s1. The van der Waals surface area contributed by atoms with Crippen LogP contribution in [0.1, 0.15) is 60.1 Å². The second-order valence-corrected chi connectivity index (χ2v) is 10.2. The molecule has 0 amide bonds. The van der Waals surface area contributed by atoms with Crippen molar-refractivity contribution in [3.05, 3.63) is 74.6 Å². The van der Waals surface area contributed by atoms with Gasteiger partial charge in [-0.3, -0.25) is 14.4 Å². The SMILES string of the molecule is CC1(NC[C@H](OC(=O)CC(=O)O)c2ccc(O)c3[nH]c(=O)ccc23)Cc2cc3c(cc2C1)CCCC3. The Balaban J connectivity index is 1.42. The zero-order valence-corrected chi connectivity index (χ0v) is 20.2. The van der Waals surface area contributed by atoms with Gasteiger partial charge < -0.3 is 25.3 Å². The third-order valence-electron chi connectivity index (χ3n) is 7.36. The van der Waals surface area contributed by atoms with Crippen LogP contribution in [-0.4, -0.2) is 39.2 Å². The molecule has 0 radical (unpaired) electrons. The molecule has 0 bridgehead atoms. The number of nitrogens with one attached hydrogen (secondary N) is 2. The van der Waals surface area contributed by atoms with Crippen molar-refractivity contribution >= 4 is 22.8 Å². The van der Waals surface area contributed by atoms with Crippen LogP contribution >= 0.6 is 0 Å². The van der Waals surface area contributed by atoms with E-state index in [0.29, 0.717) is 10.9 Å². The average molecular weight is 491 g/mol. The number of pyridine rings is 1. The Bertz CT molecular complexity index is 1370. The number of aromatic amines is 1. The zero-order valence-electron chi connectivity index (χ0n) is 20.2. The predicted molar refractivity (Wildman–Crippen MR) is 134 cm³/mol. The molecule has 0 spiro atoms. The molecule has 8 nitrogen and oxygen atoms in total. The van der Waals surface area contributed by atoms with Crippen LogP contribution in [0.5, 0.6) is 5.75 Å². The number of H-pyrrole nitrogens is 1. The number of carbonyl (C=O) groups excluding carboxylic acids is 1. The van der Waals surface area contributed by atoms with Gasteiger partial charge in [-0.15, -0.1) is 0 Å². The number of rotatable bonds is 7. The highest BCUT2D eigenvalue weighted by Gasteiger charge is 2.35. The van der Waals surface area contributed by atoms with Gasteiger partial charge in [-0.1, -0.05) is 18.2 Å². The molecule has 4 N–H and O–H groups in total. The van der Waals surface area contributed by atoms with Gasteiger partial charge in [-0.05, 0) is 79.8 Å². The zero-order chi connectivity index (χ0) is 25.4. The summed E-state index contributed by atoms with van der Waals surface area (Å²) in [5.41, 5.74) is 5.78. The molecular weight excluding hydrogens is 460 g/mol. The van der Waals surface area contributed by atoms with Crippen molar-refractivity contribution < 1.29 is 24.5 Å². The van der Waals surface area contributed by atoms with E-state index in [1.165, 1.54) is 47.2 Å². The molecule has 3 aromatic rings. The molecular formula is C28H30N2O6. The monoisotopic (exact) mass is 490 g/mol. The van der Waals surface area contributed by atoms with Gasteiger partial charge in [-0.2, -0.15) is 0 Å². The predicted octanol–water partition coefficient (Wildman–Crippen LogP) is 3.32. The average Bonchev–Trinajstić information content (AvgIpc) is 3.15. The van der Waals surface area contributed by atoms with Crippen molar-refractivity contribution in [3.63, 3.8) is 0 Å². The maximum atomic E-state index is 12.4. The van der Waals surface area contributed by atoms with Crippen molar-refractivity contribution in [1.82, 2.24) is 10.3 Å². The molecule has 2 aliphatic carbocycles. The van der Waals surface area contributed by atoms with Gasteiger partial charge in [0, 0.05) is 29.1 Å². The molecule has 2 aliphatic rings. The molecule has 5 rings (SSSR count). The number of fused-ring (bicyclic) bond motifs is 3. The Morgan fingerprint density at radius 2 is 1.72 bits per heavy atom. The number of aryl methyl sites for hydroxylation is 2. The number of aliphatic carboxylic acids is 1. The Morgan fingerprint density at radius 3 is 2.36 bits per heavy atom. The van der Waals surface area contributed by atoms with Crippen molar-refractivity contribution in [2.24, 2.45) is 0 Å². The van der Waals surface area contributed by atoms with Crippen LogP contribution in [0, 0.1) is 0 Å². The summed E-state index contributed by atoms with van der Waals surface area (Å²) >= 11 is 0. The number of phenolic OH excluding ortho intramolecular Hbond substituents is 1. The van der Waals surface area contributed by atoms with E-state index in [-0.39, 0.29) is 28.9 Å². The summed E-state index contributed by atoms with van der Waals surface area (Å²) in [5, 5.41) is 23.4. The normalized spacial score (nSPS) is 16.8. The molecule has 1 atom stereocenters. The summed E-state index contributed by atoms with van der Waals surface area (Å²) < 4.78 is 5.63. The molecule has 1 aromatic heterocycles. The molecule has 0 aliphatic heterocycles. The fraction of sp³-hybridized carbons (Fsp3) is 0.393. The quantitative estimate of drug-likeness (QED) is 0.295. The van der Waals surface area contributed by atoms with E-state index in [1.54, 1.807) is 12.1 Å². The Kier molecular flexibility index (Phi) is 6.30. The van der Waals surface area contributed by atoms with Crippen molar-refractivity contribution in [1.29, 1.82) is 0 Å². The number of carboxylic acids is 1. The Morgan fingerprint density at radius 1 is 1.06 bits per heavy atom. The van der Waals surface area contributed by atoms with Crippen LogP contribution in [0.25, 0.3) is 10.9 Å². The fourth-order valence-electron chi connectivity index (χ4n) is 5.66. The summed E-state index contributed by atoms with van der Waals surface area (Å²) in [6.45, 7) is 2.39. The lowest BCUT2D eigenvalue weighted by Gasteiger charge is -2.29. The number of hydrogen-bond acceptors (Lipinski definition) is 6. The number of esters is 1. The van der Waals surface area contributed by atoms with Crippen molar-refractivity contribution in [2.75, 3.05) is 6.54 Å². The number of carbonyl (C=O) groups is 2. The molecule has 0 saturated carbocycles. The van der Waals surface area contributed by atoms with Gasteiger partial charge in [0.1, 0.15) is 18.3 Å². The molecule has 8 heteroatoms. The summed E-state index contributed by atoms with van der Waals surface area (Å²) in [4.78, 5) is 37.9. The lowest BCUT2D eigenvalue weighted by Crippen LogP contribution is -2.45. The van der Waals surface area contributed by atoms with Gasteiger partial charge in [-0.25, -0.2) is 0 Å². The highest BCUT2D eigenvalue weighted by molar-refractivity contribution is 5.91. The van der Waals surface area contributed by atoms with E-state index in [9.17, 15) is 19.5 Å². The molecule has 2 aromatic carbocycles. The topological polar surface area (TPSA) is 129 Å². The molecule has 36 heavy (non-hydrogen) atoms. The first-order valence-corrected chi connectivity index (χ1v) is 12.4. The number of aromatic hydroxyl groups is 1. The van der Waals surface area contributed by atoms with Gasteiger partial charge in [0.2, 0.25) is 5.56 Å². The lowest BCUT2D eigenvalue weighted by molar-refractivity contribution is -0.155. The highest BCUT2D eigenvalue weighted by atomic mass is 16.5. The Hall–Kier alpha value is -3.65. The van der Waals surface area contributed by atoms with E-state index in [2.05, 4.69) is 29.4 Å². The third kappa shape index (κ3) is 4.86. The van der Waals surface area contributed by atoms with Crippen molar-refractivity contribution in [3.8, 4) is 5.75 Å². The largest absolute Gasteiger partial charge is 0.506 e. The van der Waals surface area contributed by atoms with Crippen LogP contribution < -0.4 is 10.9 Å².